The molecule has 0 amide bonds. The van der Waals surface area contributed by atoms with E-state index in [1.807, 2.05) is 0 Å². The predicted octanol–water partition coefficient (Wildman–Crippen LogP) is 0.860. The van der Waals surface area contributed by atoms with E-state index in [9.17, 15) is 0 Å². The Morgan fingerprint density at radius 1 is 1.30 bits per heavy atom. The Morgan fingerprint density at radius 3 is 3.10 bits per heavy atom. The van der Waals surface area contributed by atoms with Gasteiger partial charge in [-0.1, -0.05) is 18.2 Å². The number of hydrogen-bond donors (Lipinski definition) is 1. The van der Waals surface area contributed by atoms with Crippen LogP contribution < -0.4 is 10.5 Å². The lowest BCUT2D eigenvalue weighted by Gasteiger charge is -2.15. The van der Waals surface area contributed by atoms with Gasteiger partial charge in [0, 0.05) is 12.2 Å². The maximum absolute atomic E-state index is 3.37. The van der Waals surface area contributed by atoms with E-state index < -0.39 is 0 Å². The molecule has 0 bridgehead atoms. The zero-order valence-electron chi connectivity index (χ0n) is 5.72. The lowest BCUT2D eigenvalue weighted by atomic mass is 10.3. The molecule has 1 aliphatic rings. The number of anilines is 1. The molecule has 50 valence electrons. The van der Waals surface area contributed by atoms with Gasteiger partial charge in [0.25, 0.3) is 0 Å². The average Bonchev–Trinajstić information content (AvgIpc) is 2.05. The molecule has 1 aromatic rings. The Hall–Kier alpha value is -0.763. The van der Waals surface area contributed by atoms with E-state index in [2.05, 4.69) is 29.6 Å². The minimum Gasteiger partial charge on any atom is -0.385 e. The summed E-state index contributed by atoms with van der Waals surface area (Å²) in [5, 5.41) is 4.86. The number of hydrogen-bond acceptors (Lipinski definition) is 1. The third-order valence-corrected chi connectivity index (χ3v) is 3.00. The summed E-state index contributed by atoms with van der Waals surface area (Å²) >= 11 is 0. The van der Waals surface area contributed by atoms with Crippen molar-refractivity contribution in [2.24, 2.45) is 0 Å². The zero-order chi connectivity index (χ0) is 6.81. The van der Waals surface area contributed by atoms with Crippen molar-refractivity contribution in [2.75, 3.05) is 11.9 Å². The van der Waals surface area contributed by atoms with Gasteiger partial charge in [0.05, 0.1) is 9.52 Å². The molecule has 0 unspecified atom stereocenters. The monoisotopic (exact) mass is 147 g/mol. The molecule has 0 spiro atoms. The molecule has 10 heavy (non-hydrogen) atoms. The molecule has 0 fully saturated rings. The van der Waals surface area contributed by atoms with Gasteiger partial charge < -0.3 is 5.32 Å². The quantitative estimate of drug-likeness (QED) is 0.537. The average molecular weight is 147 g/mol. The van der Waals surface area contributed by atoms with Crippen molar-refractivity contribution in [3.63, 3.8) is 0 Å². The Labute approximate surface area is 63.3 Å². The molecular weight excluding hydrogens is 138 g/mol. The maximum atomic E-state index is 3.37. The molecule has 0 aliphatic carbocycles. The molecule has 1 heterocycles. The van der Waals surface area contributed by atoms with Crippen LogP contribution in [0.25, 0.3) is 0 Å². The Morgan fingerprint density at radius 2 is 2.20 bits per heavy atom. The first-order valence-corrected chi connectivity index (χ1v) is 4.74. The molecule has 0 aromatic heterocycles. The minimum absolute atomic E-state index is 1.01. The minimum atomic E-state index is 1.01. The summed E-state index contributed by atoms with van der Waals surface area (Å²) in [4.78, 5) is 0. The number of fused-ring (bicyclic) bond motifs is 1. The highest BCUT2D eigenvalue weighted by molar-refractivity contribution is 6.56. The SMILES string of the molecule is c1ccc2c(c1)NCC[Si]2. The van der Waals surface area contributed by atoms with Crippen molar-refractivity contribution in [2.45, 2.75) is 6.04 Å². The van der Waals surface area contributed by atoms with Gasteiger partial charge in [-0.25, -0.2) is 0 Å². The van der Waals surface area contributed by atoms with Crippen molar-refractivity contribution in [3.8, 4) is 0 Å². The van der Waals surface area contributed by atoms with Gasteiger partial charge in [-0.15, -0.1) is 0 Å². The summed E-state index contributed by atoms with van der Waals surface area (Å²) < 4.78 is 0. The topological polar surface area (TPSA) is 12.0 Å². The molecule has 0 atom stereocenters. The second-order valence-corrected chi connectivity index (χ2v) is 3.79. The van der Waals surface area contributed by atoms with Gasteiger partial charge in [-0.2, -0.15) is 0 Å². The van der Waals surface area contributed by atoms with E-state index in [4.69, 9.17) is 0 Å². The third kappa shape index (κ3) is 0.947. The Balaban J connectivity index is 2.41. The molecule has 1 nitrogen and oxygen atoms in total. The number of rotatable bonds is 0. The fourth-order valence-corrected chi connectivity index (χ4v) is 2.28. The maximum Gasteiger partial charge on any atom is 0.0854 e. The molecule has 1 aromatic carbocycles. The van der Waals surface area contributed by atoms with E-state index in [-0.39, 0.29) is 0 Å². The second-order valence-electron chi connectivity index (χ2n) is 2.40. The summed E-state index contributed by atoms with van der Waals surface area (Å²) in [6, 6.07) is 9.86. The molecule has 2 rings (SSSR count). The summed E-state index contributed by atoms with van der Waals surface area (Å²) in [7, 11) is 1.01. The first-order valence-electron chi connectivity index (χ1n) is 3.53. The molecule has 1 N–H and O–H groups in total. The lowest BCUT2D eigenvalue weighted by Crippen LogP contribution is -2.26. The van der Waals surface area contributed by atoms with Crippen LogP contribution in [0.1, 0.15) is 0 Å². The van der Waals surface area contributed by atoms with Crippen LogP contribution in [0.4, 0.5) is 5.69 Å². The first-order chi connectivity index (χ1) is 4.97. The van der Waals surface area contributed by atoms with Crippen LogP contribution in [0.15, 0.2) is 24.3 Å². The van der Waals surface area contributed by atoms with Crippen molar-refractivity contribution in [3.05, 3.63) is 24.3 Å². The van der Waals surface area contributed by atoms with Crippen molar-refractivity contribution >= 4 is 20.4 Å². The number of benzene rings is 1. The summed E-state index contributed by atoms with van der Waals surface area (Å²) in [6.45, 7) is 1.15. The lowest BCUT2D eigenvalue weighted by molar-refractivity contribution is 1.18. The smallest absolute Gasteiger partial charge is 0.0854 e. The Kier molecular flexibility index (Phi) is 1.47. The highest BCUT2D eigenvalue weighted by Gasteiger charge is 2.05. The van der Waals surface area contributed by atoms with Crippen LogP contribution in [0.2, 0.25) is 6.04 Å². The van der Waals surface area contributed by atoms with Gasteiger partial charge in [-0.3, -0.25) is 0 Å². The molecule has 0 saturated heterocycles. The number of para-hydroxylation sites is 1. The fourth-order valence-electron chi connectivity index (χ4n) is 1.19. The van der Waals surface area contributed by atoms with Gasteiger partial charge in [0.1, 0.15) is 0 Å². The van der Waals surface area contributed by atoms with Gasteiger partial charge >= 0.3 is 0 Å². The highest BCUT2D eigenvalue weighted by atomic mass is 28.2. The van der Waals surface area contributed by atoms with E-state index >= 15 is 0 Å². The Bertz CT molecular complexity index is 209. The largest absolute Gasteiger partial charge is 0.385 e. The third-order valence-electron chi connectivity index (χ3n) is 1.68. The van der Waals surface area contributed by atoms with Gasteiger partial charge in [0.15, 0.2) is 0 Å². The molecule has 2 radical (unpaired) electrons. The van der Waals surface area contributed by atoms with Crippen molar-refractivity contribution in [1.82, 2.24) is 0 Å². The summed E-state index contributed by atoms with van der Waals surface area (Å²) in [6.07, 6.45) is 0. The molecular formula is C8H9NSi. The predicted molar refractivity (Wildman–Crippen MR) is 45.1 cm³/mol. The summed E-state index contributed by atoms with van der Waals surface area (Å²) in [5.41, 5.74) is 1.34. The molecule has 2 heteroatoms. The van der Waals surface area contributed by atoms with Crippen LogP contribution >= 0.6 is 0 Å². The van der Waals surface area contributed by atoms with Crippen molar-refractivity contribution in [1.29, 1.82) is 0 Å². The first kappa shape index (κ1) is 5.98. The van der Waals surface area contributed by atoms with Crippen LogP contribution in [0.3, 0.4) is 0 Å². The van der Waals surface area contributed by atoms with Crippen LogP contribution in [0, 0.1) is 0 Å². The standard InChI is InChI=1S/C8H9NSi/c1-2-4-8-7(3-1)9-5-6-10-8/h1-4,9H,5-6H2. The van der Waals surface area contributed by atoms with Gasteiger partial charge in [0.2, 0.25) is 0 Å². The van der Waals surface area contributed by atoms with E-state index in [1.165, 1.54) is 16.9 Å². The zero-order valence-corrected chi connectivity index (χ0v) is 6.72. The molecule has 1 aliphatic heterocycles. The van der Waals surface area contributed by atoms with Crippen LogP contribution in [-0.2, 0) is 0 Å². The van der Waals surface area contributed by atoms with E-state index in [1.54, 1.807) is 0 Å². The highest BCUT2D eigenvalue weighted by Crippen LogP contribution is 2.06. The van der Waals surface area contributed by atoms with E-state index in [0.29, 0.717) is 0 Å². The second kappa shape index (κ2) is 2.46. The van der Waals surface area contributed by atoms with E-state index in [0.717, 1.165) is 16.1 Å². The van der Waals surface area contributed by atoms with Crippen LogP contribution in [-0.4, -0.2) is 16.1 Å². The van der Waals surface area contributed by atoms with Crippen LogP contribution in [0.5, 0.6) is 0 Å². The summed E-state index contributed by atoms with van der Waals surface area (Å²) in [5.74, 6) is 0. The fraction of sp³-hybridized carbons (Fsp3) is 0.250. The molecule has 0 saturated carbocycles. The normalized spacial score (nSPS) is 15.6. The van der Waals surface area contributed by atoms with Crippen molar-refractivity contribution < 1.29 is 0 Å². The van der Waals surface area contributed by atoms with Gasteiger partial charge in [-0.05, 0) is 17.3 Å². The number of nitrogens with one attached hydrogen (secondary N) is 1.